The molecule has 13 heavy (non-hydrogen) atoms. The maximum absolute atomic E-state index is 5.40. The molecule has 0 aliphatic carbocycles. The van der Waals surface area contributed by atoms with Crippen LogP contribution in [0.5, 0.6) is 0 Å². The molecule has 0 saturated carbocycles. The number of hydrogen-bond donors (Lipinski definition) is 2. The Morgan fingerprint density at radius 1 is 1.69 bits per heavy atom. The Balaban J connectivity index is 2.98. The van der Waals surface area contributed by atoms with Crippen LogP contribution in [0.1, 0.15) is 18.5 Å². The van der Waals surface area contributed by atoms with E-state index in [0.29, 0.717) is 0 Å². The molecule has 1 unspecified atom stereocenters. The highest BCUT2D eigenvalue weighted by atomic mass is 79.9. The summed E-state index contributed by atoms with van der Waals surface area (Å²) in [4.78, 5) is 4.05. The number of nitrogens with two attached hydrogens (primary N) is 1. The lowest BCUT2D eigenvalue weighted by Gasteiger charge is -2.15. The highest BCUT2D eigenvalue weighted by Gasteiger charge is 2.10. The average Bonchev–Trinajstić information content (AvgIpc) is 2.04. The van der Waals surface area contributed by atoms with Gasteiger partial charge in [-0.3, -0.25) is 10.8 Å². The number of rotatable bonds is 3. The molecule has 1 atom stereocenters. The molecule has 3 nitrogen and oxygen atoms in total. The van der Waals surface area contributed by atoms with Gasteiger partial charge in [0.2, 0.25) is 0 Å². The maximum atomic E-state index is 5.40. The number of hydrogen-bond acceptors (Lipinski definition) is 3. The van der Waals surface area contributed by atoms with Gasteiger partial charge in [-0.25, -0.2) is 5.43 Å². The van der Waals surface area contributed by atoms with Crippen LogP contribution in [-0.4, -0.2) is 4.98 Å². The molecular formula is C9H12BrN3. The number of hydrazine groups is 1. The number of pyridine rings is 1. The first-order valence-electron chi connectivity index (χ1n) is 3.87. The van der Waals surface area contributed by atoms with Crippen molar-refractivity contribution in [1.29, 1.82) is 0 Å². The fourth-order valence-corrected chi connectivity index (χ4v) is 1.49. The first-order chi connectivity index (χ1) is 6.15. The number of nitrogens with one attached hydrogen (secondary N) is 1. The molecule has 0 fully saturated rings. The summed E-state index contributed by atoms with van der Waals surface area (Å²) in [5.41, 5.74) is 4.65. The fourth-order valence-electron chi connectivity index (χ4n) is 1.11. The maximum Gasteiger partial charge on any atom is 0.0680 e. The molecule has 0 amide bonds. The van der Waals surface area contributed by atoms with E-state index in [0.717, 1.165) is 15.6 Å². The van der Waals surface area contributed by atoms with Gasteiger partial charge in [0, 0.05) is 16.9 Å². The van der Waals surface area contributed by atoms with Gasteiger partial charge in [0.05, 0.1) is 6.04 Å². The first kappa shape index (κ1) is 10.4. The first-order valence-corrected chi connectivity index (χ1v) is 4.66. The monoisotopic (exact) mass is 241 g/mol. The van der Waals surface area contributed by atoms with E-state index in [9.17, 15) is 0 Å². The highest BCUT2D eigenvalue weighted by molar-refractivity contribution is 9.10. The summed E-state index contributed by atoms with van der Waals surface area (Å²) < 4.78 is 0.937. The summed E-state index contributed by atoms with van der Waals surface area (Å²) in [6.07, 6.45) is 3.50. The summed E-state index contributed by atoms with van der Waals surface area (Å²) in [6, 6.07) is 1.93. The molecule has 1 aromatic rings. The van der Waals surface area contributed by atoms with E-state index in [-0.39, 0.29) is 6.04 Å². The Morgan fingerprint density at radius 2 is 2.38 bits per heavy atom. The minimum Gasteiger partial charge on any atom is -0.271 e. The SMILES string of the molecule is C=C(C)C(NN)c1cncc(Br)c1. The molecule has 1 heterocycles. The van der Waals surface area contributed by atoms with E-state index in [2.05, 4.69) is 32.9 Å². The molecule has 0 radical (unpaired) electrons. The van der Waals surface area contributed by atoms with Crippen molar-refractivity contribution < 1.29 is 0 Å². The predicted molar refractivity (Wildman–Crippen MR) is 56.8 cm³/mol. The standard InChI is InChI=1S/C9H12BrN3/c1-6(2)9(13-11)7-3-8(10)5-12-4-7/h3-5,9,13H,1,11H2,2H3. The van der Waals surface area contributed by atoms with Crippen LogP contribution in [0.15, 0.2) is 35.1 Å². The van der Waals surface area contributed by atoms with Gasteiger partial charge in [-0.2, -0.15) is 0 Å². The van der Waals surface area contributed by atoms with Gasteiger partial charge in [0.1, 0.15) is 0 Å². The van der Waals surface area contributed by atoms with Crippen LogP contribution in [0.25, 0.3) is 0 Å². The average molecular weight is 242 g/mol. The van der Waals surface area contributed by atoms with Gasteiger partial charge < -0.3 is 0 Å². The van der Waals surface area contributed by atoms with Crippen LogP contribution in [0.3, 0.4) is 0 Å². The van der Waals surface area contributed by atoms with Gasteiger partial charge in [-0.05, 0) is 34.5 Å². The van der Waals surface area contributed by atoms with E-state index in [4.69, 9.17) is 5.84 Å². The predicted octanol–water partition coefficient (Wildman–Crippen LogP) is 1.92. The zero-order valence-electron chi connectivity index (χ0n) is 7.42. The molecule has 0 bridgehead atoms. The van der Waals surface area contributed by atoms with Crippen molar-refractivity contribution in [3.8, 4) is 0 Å². The second-order valence-corrected chi connectivity index (χ2v) is 3.80. The lowest BCUT2D eigenvalue weighted by Crippen LogP contribution is -2.28. The Bertz CT molecular complexity index is 311. The van der Waals surface area contributed by atoms with Crippen molar-refractivity contribution in [3.63, 3.8) is 0 Å². The third-order valence-electron chi connectivity index (χ3n) is 1.72. The quantitative estimate of drug-likeness (QED) is 0.483. The molecule has 3 N–H and O–H groups in total. The van der Waals surface area contributed by atoms with Gasteiger partial charge in [-0.1, -0.05) is 12.2 Å². The van der Waals surface area contributed by atoms with E-state index in [1.54, 1.807) is 12.4 Å². The molecular weight excluding hydrogens is 230 g/mol. The summed E-state index contributed by atoms with van der Waals surface area (Å²) >= 11 is 3.35. The summed E-state index contributed by atoms with van der Waals surface area (Å²) in [5, 5.41) is 0. The largest absolute Gasteiger partial charge is 0.271 e. The highest BCUT2D eigenvalue weighted by Crippen LogP contribution is 2.20. The molecule has 1 rings (SSSR count). The van der Waals surface area contributed by atoms with E-state index in [1.165, 1.54) is 0 Å². The van der Waals surface area contributed by atoms with Crippen LogP contribution in [0, 0.1) is 0 Å². The Hall–Kier alpha value is -0.710. The van der Waals surface area contributed by atoms with Crippen molar-refractivity contribution >= 4 is 15.9 Å². The third-order valence-corrected chi connectivity index (χ3v) is 2.15. The van der Waals surface area contributed by atoms with Crippen molar-refractivity contribution in [1.82, 2.24) is 10.4 Å². The summed E-state index contributed by atoms with van der Waals surface area (Å²) in [5.74, 6) is 5.40. The van der Waals surface area contributed by atoms with Crippen molar-refractivity contribution in [2.75, 3.05) is 0 Å². The van der Waals surface area contributed by atoms with E-state index >= 15 is 0 Å². The number of halogens is 1. The zero-order chi connectivity index (χ0) is 9.84. The lowest BCUT2D eigenvalue weighted by atomic mass is 10.0. The molecule has 4 heteroatoms. The smallest absolute Gasteiger partial charge is 0.0680 e. The van der Waals surface area contributed by atoms with E-state index < -0.39 is 0 Å². The van der Waals surface area contributed by atoms with Gasteiger partial charge >= 0.3 is 0 Å². The minimum atomic E-state index is -0.0370. The van der Waals surface area contributed by atoms with Crippen molar-refractivity contribution in [3.05, 3.63) is 40.6 Å². The van der Waals surface area contributed by atoms with Crippen LogP contribution in [0.2, 0.25) is 0 Å². The number of aromatic nitrogens is 1. The van der Waals surface area contributed by atoms with Gasteiger partial charge in [-0.15, -0.1) is 0 Å². The number of nitrogens with zero attached hydrogens (tertiary/aromatic N) is 1. The molecule has 0 saturated heterocycles. The van der Waals surface area contributed by atoms with Gasteiger partial charge in [0.15, 0.2) is 0 Å². The lowest BCUT2D eigenvalue weighted by molar-refractivity contribution is 0.624. The van der Waals surface area contributed by atoms with Crippen LogP contribution in [-0.2, 0) is 0 Å². The molecule has 70 valence electrons. The topological polar surface area (TPSA) is 50.9 Å². The summed E-state index contributed by atoms with van der Waals surface area (Å²) in [6.45, 7) is 5.77. The van der Waals surface area contributed by atoms with Crippen LogP contribution >= 0.6 is 15.9 Å². The fraction of sp³-hybridized carbons (Fsp3) is 0.222. The van der Waals surface area contributed by atoms with Crippen molar-refractivity contribution in [2.24, 2.45) is 5.84 Å². The second kappa shape index (κ2) is 4.50. The van der Waals surface area contributed by atoms with Crippen LogP contribution < -0.4 is 11.3 Å². The Labute approximate surface area is 86.1 Å². The Morgan fingerprint density at radius 3 is 2.85 bits per heavy atom. The summed E-state index contributed by atoms with van der Waals surface area (Å²) in [7, 11) is 0. The molecule has 0 aliphatic heterocycles. The van der Waals surface area contributed by atoms with Crippen molar-refractivity contribution in [2.45, 2.75) is 13.0 Å². The molecule has 0 spiro atoms. The van der Waals surface area contributed by atoms with E-state index in [1.807, 2.05) is 13.0 Å². The zero-order valence-corrected chi connectivity index (χ0v) is 9.01. The Kier molecular flexibility index (Phi) is 3.59. The molecule has 0 aliphatic rings. The third kappa shape index (κ3) is 2.62. The van der Waals surface area contributed by atoms with Crippen LogP contribution in [0.4, 0.5) is 0 Å². The second-order valence-electron chi connectivity index (χ2n) is 2.88. The molecule has 0 aromatic carbocycles. The molecule has 1 aromatic heterocycles. The normalized spacial score (nSPS) is 12.5. The van der Waals surface area contributed by atoms with Gasteiger partial charge in [0.25, 0.3) is 0 Å². The minimum absolute atomic E-state index is 0.0370.